The second kappa shape index (κ2) is 7.96. The Hall–Kier alpha value is -2.09. The van der Waals surface area contributed by atoms with Crippen molar-refractivity contribution < 1.29 is 14.3 Å². The largest absolute Gasteiger partial charge is 0.497 e. The van der Waals surface area contributed by atoms with Crippen LogP contribution in [0.5, 0.6) is 5.75 Å². The molecule has 0 bridgehead atoms. The fourth-order valence-corrected chi connectivity index (χ4v) is 2.33. The van der Waals surface area contributed by atoms with Crippen molar-refractivity contribution in [3.63, 3.8) is 0 Å². The van der Waals surface area contributed by atoms with Crippen molar-refractivity contribution >= 4 is 40.1 Å². The van der Waals surface area contributed by atoms with E-state index in [1.165, 1.54) is 4.90 Å². The number of nitrogens with zero attached hydrogens (tertiary/aromatic N) is 1. The number of carbonyl (C=O) groups is 2. The summed E-state index contributed by atoms with van der Waals surface area (Å²) in [4.78, 5) is 25.7. The van der Waals surface area contributed by atoms with Crippen LogP contribution in [0.2, 0.25) is 0 Å². The molecule has 2 aromatic carbocycles. The maximum atomic E-state index is 12.3. The first-order valence-electron chi connectivity index (χ1n) is 6.94. The van der Waals surface area contributed by atoms with Gasteiger partial charge in [-0.1, -0.05) is 0 Å². The molecule has 0 aliphatic heterocycles. The highest BCUT2D eigenvalue weighted by molar-refractivity contribution is 14.1. The van der Waals surface area contributed by atoms with Crippen LogP contribution >= 0.6 is 22.6 Å². The molecular weight excluding hydrogens is 407 g/mol. The van der Waals surface area contributed by atoms with Crippen LogP contribution in [0.1, 0.15) is 10.4 Å². The first-order chi connectivity index (χ1) is 11.0. The van der Waals surface area contributed by atoms with Crippen LogP contribution in [-0.2, 0) is 4.79 Å². The zero-order chi connectivity index (χ0) is 16.8. The Bertz CT molecular complexity index is 684. The molecule has 0 saturated heterocycles. The lowest BCUT2D eigenvalue weighted by Crippen LogP contribution is -2.34. The van der Waals surface area contributed by atoms with E-state index < -0.39 is 0 Å². The van der Waals surface area contributed by atoms with E-state index >= 15 is 0 Å². The van der Waals surface area contributed by atoms with Gasteiger partial charge in [0.15, 0.2) is 0 Å². The number of anilines is 1. The first kappa shape index (κ1) is 17.3. The molecule has 0 heterocycles. The van der Waals surface area contributed by atoms with E-state index in [2.05, 4.69) is 27.9 Å². The van der Waals surface area contributed by atoms with Crippen molar-refractivity contribution in [2.24, 2.45) is 0 Å². The van der Waals surface area contributed by atoms with E-state index in [1.807, 2.05) is 12.1 Å². The third-order valence-electron chi connectivity index (χ3n) is 3.19. The van der Waals surface area contributed by atoms with Gasteiger partial charge in [0.1, 0.15) is 5.75 Å². The average molecular weight is 424 g/mol. The molecule has 0 fully saturated rings. The molecule has 0 aliphatic carbocycles. The predicted molar refractivity (Wildman–Crippen MR) is 97.7 cm³/mol. The lowest BCUT2D eigenvalue weighted by molar-refractivity contribution is -0.116. The van der Waals surface area contributed by atoms with Gasteiger partial charge in [-0.15, -0.1) is 0 Å². The van der Waals surface area contributed by atoms with Gasteiger partial charge in [0.05, 0.1) is 13.7 Å². The molecule has 0 atom stereocenters. The maximum absolute atomic E-state index is 12.3. The minimum atomic E-state index is -0.253. The molecule has 0 radical (unpaired) electrons. The number of ether oxygens (including phenoxy) is 1. The number of rotatable bonds is 5. The predicted octanol–water partition coefficient (Wildman–Crippen LogP) is 3.01. The molecule has 2 aromatic rings. The Morgan fingerprint density at radius 3 is 2.26 bits per heavy atom. The highest BCUT2D eigenvalue weighted by atomic mass is 127. The van der Waals surface area contributed by atoms with Gasteiger partial charge >= 0.3 is 0 Å². The summed E-state index contributed by atoms with van der Waals surface area (Å²) in [5.74, 6) is 0.275. The quantitative estimate of drug-likeness (QED) is 0.751. The van der Waals surface area contributed by atoms with Crippen LogP contribution in [0.4, 0.5) is 5.69 Å². The molecule has 0 aromatic heterocycles. The number of hydrogen-bond acceptors (Lipinski definition) is 3. The third kappa shape index (κ3) is 4.95. The van der Waals surface area contributed by atoms with E-state index in [9.17, 15) is 9.59 Å². The molecule has 5 nitrogen and oxygen atoms in total. The number of nitrogens with one attached hydrogen (secondary N) is 1. The molecule has 0 spiro atoms. The van der Waals surface area contributed by atoms with Crippen LogP contribution < -0.4 is 10.1 Å². The zero-order valence-electron chi connectivity index (χ0n) is 12.9. The van der Waals surface area contributed by atoms with Crippen LogP contribution in [0, 0.1) is 3.57 Å². The molecule has 120 valence electrons. The first-order valence-corrected chi connectivity index (χ1v) is 8.02. The van der Waals surface area contributed by atoms with Gasteiger partial charge in [-0.2, -0.15) is 0 Å². The number of likely N-dealkylation sites (N-methyl/N-ethyl adjacent to an activating group) is 1. The lowest BCUT2D eigenvalue weighted by Gasteiger charge is -2.17. The smallest absolute Gasteiger partial charge is 0.254 e. The second-order valence-corrected chi connectivity index (χ2v) is 6.19. The maximum Gasteiger partial charge on any atom is 0.254 e. The SMILES string of the molecule is COc1ccc(NC(=O)CN(C)C(=O)c2ccc(I)cc2)cc1. The summed E-state index contributed by atoms with van der Waals surface area (Å²) in [7, 11) is 3.19. The number of methoxy groups -OCH3 is 1. The van der Waals surface area contributed by atoms with Gasteiger partial charge < -0.3 is 15.0 Å². The van der Waals surface area contributed by atoms with Crippen molar-refractivity contribution in [3.8, 4) is 5.75 Å². The van der Waals surface area contributed by atoms with Gasteiger partial charge in [0, 0.05) is 21.9 Å². The summed E-state index contributed by atoms with van der Waals surface area (Å²) >= 11 is 2.18. The summed E-state index contributed by atoms with van der Waals surface area (Å²) in [6.45, 7) is -0.0170. The third-order valence-corrected chi connectivity index (χ3v) is 3.91. The number of benzene rings is 2. The number of halogens is 1. The Morgan fingerprint density at radius 2 is 1.70 bits per heavy atom. The standard InChI is InChI=1S/C17H17IN2O3/c1-20(17(22)12-3-5-13(18)6-4-12)11-16(21)19-14-7-9-15(23-2)10-8-14/h3-10H,11H2,1-2H3,(H,19,21). The monoisotopic (exact) mass is 424 g/mol. The highest BCUT2D eigenvalue weighted by Gasteiger charge is 2.15. The minimum absolute atomic E-state index is 0.0170. The highest BCUT2D eigenvalue weighted by Crippen LogP contribution is 2.15. The fraction of sp³-hybridized carbons (Fsp3) is 0.176. The summed E-state index contributed by atoms with van der Waals surface area (Å²) in [5, 5.41) is 2.75. The van der Waals surface area contributed by atoms with Gasteiger partial charge in [0.25, 0.3) is 5.91 Å². The van der Waals surface area contributed by atoms with E-state index in [4.69, 9.17) is 4.74 Å². The van der Waals surface area contributed by atoms with Gasteiger partial charge in [-0.3, -0.25) is 9.59 Å². The number of hydrogen-bond donors (Lipinski definition) is 1. The summed E-state index contributed by atoms with van der Waals surface area (Å²) in [6, 6.07) is 14.2. The molecule has 0 aliphatic rings. The van der Waals surface area contributed by atoms with Crippen molar-refractivity contribution in [1.29, 1.82) is 0 Å². The molecule has 6 heteroatoms. The number of amides is 2. The van der Waals surface area contributed by atoms with E-state index in [-0.39, 0.29) is 18.4 Å². The van der Waals surface area contributed by atoms with Crippen molar-refractivity contribution in [3.05, 3.63) is 57.7 Å². The number of carbonyl (C=O) groups excluding carboxylic acids is 2. The summed E-state index contributed by atoms with van der Waals surface area (Å²) < 4.78 is 6.12. The molecule has 23 heavy (non-hydrogen) atoms. The molecule has 0 saturated carbocycles. The Labute approximate surface area is 148 Å². The Morgan fingerprint density at radius 1 is 1.09 bits per heavy atom. The van der Waals surface area contributed by atoms with Crippen LogP contribution in [0.15, 0.2) is 48.5 Å². The molecular formula is C17H17IN2O3. The lowest BCUT2D eigenvalue weighted by atomic mass is 10.2. The zero-order valence-corrected chi connectivity index (χ0v) is 15.0. The minimum Gasteiger partial charge on any atom is -0.497 e. The van der Waals surface area contributed by atoms with Gasteiger partial charge in [0.2, 0.25) is 5.91 Å². The van der Waals surface area contributed by atoms with Crippen LogP contribution in [-0.4, -0.2) is 37.4 Å². The molecule has 2 rings (SSSR count). The molecule has 0 unspecified atom stereocenters. The second-order valence-electron chi connectivity index (χ2n) is 4.94. The Kier molecular flexibility index (Phi) is 5.97. The summed E-state index contributed by atoms with van der Waals surface area (Å²) in [6.07, 6.45) is 0. The van der Waals surface area contributed by atoms with E-state index in [0.717, 1.165) is 3.57 Å². The van der Waals surface area contributed by atoms with E-state index in [0.29, 0.717) is 17.0 Å². The normalized spacial score (nSPS) is 10.0. The van der Waals surface area contributed by atoms with Crippen molar-refractivity contribution in [2.75, 3.05) is 26.0 Å². The molecule has 2 amide bonds. The fourth-order valence-electron chi connectivity index (χ4n) is 1.97. The van der Waals surface area contributed by atoms with Gasteiger partial charge in [-0.25, -0.2) is 0 Å². The topological polar surface area (TPSA) is 58.6 Å². The van der Waals surface area contributed by atoms with Crippen molar-refractivity contribution in [2.45, 2.75) is 0 Å². The van der Waals surface area contributed by atoms with E-state index in [1.54, 1.807) is 50.6 Å². The van der Waals surface area contributed by atoms with Crippen LogP contribution in [0.25, 0.3) is 0 Å². The van der Waals surface area contributed by atoms with Crippen LogP contribution in [0.3, 0.4) is 0 Å². The molecule has 1 N–H and O–H groups in total. The Balaban J connectivity index is 1.93. The average Bonchev–Trinajstić information content (AvgIpc) is 2.55. The van der Waals surface area contributed by atoms with Crippen molar-refractivity contribution in [1.82, 2.24) is 4.90 Å². The summed E-state index contributed by atoms with van der Waals surface area (Å²) in [5.41, 5.74) is 1.22. The van der Waals surface area contributed by atoms with Gasteiger partial charge in [-0.05, 0) is 71.1 Å².